The average Bonchev–Trinajstić information content (AvgIpc) is 2.57. The van der Waals surface area contributed by atoms with Crippen LogP contribution in [-0.4, -0.2) is 5.11 Å². The van der Waals surface area contributed by atoms with E-state index in [0.29, 0.717) is 5.02 Å². The SMILES string of the molecule is Cc1ccc(-c2ccc(Cl)c(O)c2)s1. The van der Waals surface area contributed by atoms with Crippen molar-refractivity contribution < 1.29 is 5.11 Å². The Bertz CT molecular complexity index is 462. The minimum Gasteiger partial charge on any atom is -0.506 e. The highest BCUT2D eigenvalue weighted by Crippen LogP contribution is 2.32. The van der Waals surface area contributed by atoms with Gasteiger partial charge >= 0.3 is 0 Å². The third-order valence-electron chi connectivity index (χ3n) is 1.97. The summed E-state index contributed by atoms with van der Waals surface area (Å²) in [7, 11) is 0. The van der Waals surface area contributed by atoms with E-state index in [1.165, 1.54) is 4.88 Å². The summed E-state index contributed by atoms with van der Waals surface area (Å²) in [4.78, 5) is 2.41. The molecular weight excluding hydrogens is 216 g/mol. The maximum Gasteiger partial charge on any atom is 0.134 e. The Labute approximate surface area is 91.6 Å². The van der Waals surface area contributed by atoms with E-state index in [1.54, 1.807) is 23.5 Å². The molecule has 0 spiro atoms. The van der Waals surface area contributed by atoms with Gasteiger partial charge in [-0.1, -0.05) is 17.7 Å². The number of hydrogen-bond acceptors (Lipinski definition) is 2. The van der Waals surface area contributed by atoms with E-state index < -0.39 is 0 Å². The van der Waals surface area contributed by atoms with Crippen LogP contribution in [-0.2, 0) is 0 Å². The van der Waals surface area contributed by atoms with E-state index in [-0.39, 0.29) is 5.75 Å². The number of phenolic OH excluding ortho intramolecular Hbond substituents is 1. The number of phenols is 1. The summed E-state index contributed by atoms with van der Waals surface area (Å²) in [5.74, 6) is 0.134. The molecule has 0 bridgehead atoms. The molecule has 1 heterocycles. The number of aryl methyl sites for hydroxylation is 1. The van der Waals surface area contributed by atoms with E-state index in [9.17, 15) is 5.11 Å². The van der Waals surface area contributed by atoms with Gasteiger partial charge in [-0.15, -0.1) is 11.3 Å². The van der Waals surface area contributed by atoms with E-state index in [2.05, 4.69) is 13.0 Å². The number of hydrogen-bond donors (Lipinski definition) is 1. The van der Waals surface area contributed by atoms with Gasteiger partial charge < -0.3 is 5.11 Å². The van der Waals surface area contributed by atoms with Gasteiger partial charge in [-0.25, -0.2) is 0 Å². The standard InChI is InChI=1S/C11H9ClOS/c1-7-2-5-11(14-7)8-3-4-9(12)10(13)6-8/h2-6,13H,1H3. The Morgan fingerprint density at radius 1 is 1.21 bits per heavy atom. The third kappa shape index (κ3) is 1.76. The van der Waals surface area contributed by atoms with E-state index in [0.717, 1.165) is 10.4 Å². The second-order valence-electron chi connectivity index (χ2n) is 3.08. The highest BCUT2D eigenvalue weighted by molar-refractivity contribution is 7.15. The number of benzene rings is 1. The fourth-order valence-corrected chi connectivity index (χ4v) is 2.24. The average molecular weight is 225 g/mol. The fourth-order valence-electron chi connectivity index (χ4n) is 1.26. The second kappa shape index (κ2) is 3.64. The molecule has 0 fully saturated rings. The zero-order valence-corrected chi connectivity index (χ0v) is 9.19. The first-order valence-electron chi connectivity index (χ1n) is 4.22. The van der Waals surface area contributed by atoms with Crippen molar-refractivity contribution >= 4 is 22.9 Å². The molecule has 1 aromatic heterocycles. The lowest BCUT2D eigenvalue weighted by Crippen LogP contribution is -1.73. The second-order valence-corrected chi connectivity index (χ2v) is 4.77. The van der Waals surface area contributed by atoms with Crippen LogP contribution in [0.25, 0.3) is 10.4 Å². The number of thiophene rings is 1. The van der Waals surface area contributed by atoms with Crippen molar-refractivity contribution in [2.24, 2.45) is 0 Å². The van der Waals surface area contributed by atoms with Crippen molar-refractivity contribution in [3.8, 4) is 16.2 Å². The minimum atomic E-state index is 0.134. The normalized spacial score (nSPS) is 10.4. The molecule has 3 heteroatoms. The smallest absolute Gasteiger partial charge is 0.134 e. The van der Waals surface area contributed by atoms with Gasteiger partial charge in [0.05, 0.1) is 5.02 Å². The minimum absolute atomic E-state index is 0.134. The van der Waals surface area contributed by atoms with Crippen molar-refractivity contribution in [2.45, 2.75) is 6.92 Å². The number of aromatic hydroxyl groups is 1. The molecular formula is C11H9ClOS. The zero-order chi connectivity index (χ0) is 10.1. The lowest BCUT2D eigenvalue weighted by molar-refractivity contribution is 0.476. The van der Waals surface area contributed by atoms with Crippen LogP contribution in [0, 0.1) is 6.92 Å². The van der Waals surface area contributed by atoms with Gasteiger partial charge in [-0.3, -0.25) is 0 Å². The Kier molecular flexibility index (Phi) is 2.48. The van der Waals surface area contributed by atoms with Crippen molar-refractivity contribution in [1.82, 2.24) is 0 Å². The van der Waals surface area contributed by atoms with Crippen LogP contribution < -0.4 is 0 Å². The van der Waals surface area contributed by atoms with Gasteiger partial charge in [0.25, 0.3) is 0 Å². The number of rotatable bonds is 1. The van der Waals surface area contributed by atoms with Crippen LogP contribution in [0.1, 0.15) is 4.88 Å². The predicted molar refractivity (Wildman–Crippen MR) is 61.2 cm³/mol. The molecule has 1 nitrogen and oxygen atoms in total. The summed E-state index contributed by atoms with van der Waals surface area (Å²) in [6.45, 7) is 2.06. The topological polar surface area (TPSA) is 20.2 Å². The van der Waals surface area contributed by atoms with Gasteiger partial charge in [0, 0.05) is 9.75 Å². The molecule has 1 aromatic carbocycles. The first-order chi connectivity index (χ1) is 6.66. The fraction of sp³-hybridized carbons (Fsp3) is 0.0909. The van der Waals surface area contributed by atoms with Crippen molar-refractivity contribution in [1.29, 1.82) is 0 Å². The maximum absolute atomic E-state index is 9.44. The van der Waals surface area contributed by atoms with Crippen molar-refractivity contribution in [2.75, 3.05) is 0 Å². The summed E-state index contributed by atoms with van der Waals surface area (Å²) in [5.41, 5.74) is 1.00. The Hall–Kier alpha value is -0.990. The van der Waals surface area contributed by atoms with E-state index >= 15 is 0 Å². The Morgan fingerprint density at radius 2 is 2.00 bits per heavy atom. The van der Waals surface area contributed by atoms with Crippen LogP contribution >= 0.6 is 22.9 Å². The molecule has 0 aliphatic heterocycles. The first kappa shape index (κ1) is 9.56. The molecule has 0 aliphatic carbocycles. The summed E-state index contributed by atoms with van der Waals surface area (Å²) < 4.78 is 0. The van der Waals surface area contributed by atoms with E-state index in [1.807, 2.05) is 12.1 Å². The van der Waals surface area contributed by atoms with Gasteiger partial charge in [0.1, 0.15) is 5.75 Å². The van der Waals surface area contributed by atoms with Crippen LogP contribution in [0.4, 0.5) is 0 Å². The molecule has 0 saturated carbocycles. The highest BCUT2D eigenvalue weighted by atomic mass is 35.5. The molecule has 14 heavy (non-hydrogen) atoms. The quantitative estimate of drug-likeness (QED) is 0.774. The van der Waals surface area contributed by atoms with Crippen LogP contribution in [0.5, 0.6) is 5.75 Å². The Morgan fingerprint density at radius 3 is 2.57 bits per heavy atom. The summed E-state index contributed by atoms with van der Waals surface area (Å²) >= 11 is 7.43. The molecule has 0 radical (unpaired) electrons. The molecule has 0 saturated heterocycles. The summed E-state index contributed by atoms with van der Waals surface area (Å²) in [5, 5.41) is 9.83. The largest absolute Gasteiger partial charge is 0.506 e. The monoisotopic (exact) mass is 224 g/mol. The maximum atomic E-state index is 9.44. The van der Waals surface area contributed by atoms with Crippen LogP contribution in [0.3, 0.4) is 0 Å². The Balaban J connectivity index is 2.47. The summed E-state index contributed by atoms with van der Waals surface area (Å²) in [6, 6.07) is 9.41. The van der Waals surface area contributed by atoms with Gasteiger partial charge in [0.2, 0.25) is 0 Å². The molecule has 0 atom stereocenters. The van der Waals surface area contributed by atoms with Crippen molar-refractivity contribution in [3.63, 3.8) is 0 Å². The number of halogens is 1. The highest BCUT2D eigenvalue weighted by Gasteiger charge is 2.03. The lowest BCUT2D eigenvalue weighted by Gasteiger charge is -2.00. The van der Waals surface area contributed by atoms with Crippen LogP contribution in [0.2, 0.25) is 5.02 Å². The lowest BCUT2D eigenvalue weighted by atomic mass is 10.2. The van der Waals surface area contributed by atoms with Gasteiger partial charge in [-0.2, -0.15) is 0 Å². The molecule has 1 N–H and O–H groups in total. The van der Waals surface area contributed by atoms with Crippen molar-refractivity contribution in [3.05, 3.63) is 40.2 Å². The molecule has 2 aromatic rings. The van der Waals surface area contributed by atoms with E-state index in [4.69, 9.17) is 11.6 Å². The molecule has 72 valence electrons. The summed E-state index contributed by atoms with van der Waals surface area (Å²) in [6.07, 6.45) is 0. The predicted octanol–water partition coefficient (Wildman–Crippen LogP) is 4.08. The first-order valence-corrected chi connectivity index (χ1v) is 5.41. The molecule has 2 rings (SSSR count). The van der Waals surface area contributed by atoms with Gasteiger partial charge in [-0.05, 0) is 36.8 Å². The van der Waals surface area contributed by atoms with Gasteiger partial charge in [0.15, 0.2) is 0 Å². The van der Waals surface area contributed by atoms with Crippen LogP contribution in [0.15, 0.2) is 30.3 Å². The molecule has 0 amide bonds. The zero-order valence-electron chi connectivity index (χ0n) is 7.62. The third-order valence-corrected chi connectivity index (χ3v) is 3.34. The molecule has 0 aliphatic rings. The molecule has 0 unspecified atom stereocenters.